The molecule has 0 aromatic rings. The average molecular weight is 258 g/mol. The van der Waals surface area contributed by atoms with E-state index in [1.54, 1.807) is 7.11 Å². The Morgan fingerprint density at radius 2 is 2.11 bits per heavy atom. The van der Waals surface area contributed by atoms with E-state index in [-0.39, 0.29) is 0 Å². The van der Waals surface area contributed by atoms with Gasteiger partial charge in [0.1, 0.15) is 0 Å². The molecule has 1 N–H and O–H groups in total. The van der Waals surface area contributed by atoms with Gasteiger partial charge in [0.05, 0.1) is 19.8 Å². The van der Waals surface area contributed by atoms with Gasteiger partial charge in [0, 0.05) is 26.2 Å². The molecule has 1 aliphatic heterocycles. The number of nitrogens with zero attached hydrogens (tertiary/aromatic N) is 1. The van der Waals surface area contributed by atoms with Gasteiger partial charge in [-0.3, -0.25) is 0 Å². The van der Waals surface area contributed by atoms with Crippen LogP contribution in [0, 0.1) is 5.92 Å². The van der Waals surface area contributed by atoms with Crippen molar-refractivity contribution in [1.29, 1.82) is 0 Å². The quantitative estimate of drug-likeness (QED) is 0.633. The zero-order valence-corrected chi connectivity index (χ0v) is 12.3. The van der Waals surface area contributed by atoms with Gasteiger partial charge in [-0.25, -0.2) is 0 Å². The van der Waals surface area contributed by atoms with Crippen molar-refractivity contribution in [3.63, 3.8) is 0 Å². The third-order valence-corrected chi connectivity index (χ3v) is 3.40. The minimum atomic E-state index is 0.595. The summed E-state index contributed by atoms with van der Waals surface area (Å²) in [4.78, 5) is 2.53. The lowest BCUT2D eigenvalue weighted by atomic mass is 9.98. The Balaban J connectivity index is 2.07. The zero-order chi connectivity index (χ0) is 13.2. The number of ether oxygens (including phenoxy) is 2. The molecule has 0 aromatic carbocycles. The van der Waals surface area contributed by atoms with Crippen molar-refractivity contribution in [2.24, 2.45) is 5.92 Å². The Labute approximate surface area is 112 Å². The van der Waals surface area contributed by atoms with Crippen LogP contribution >= 0.6 is 0 Å². The summed E-state index contributed by atoms with van der Waals surface area (Å²) in [7, 11) is 1.71. The van der Waals surface area contributed by atoms with E-state index in [4.69, 9.17) is 9.47 Å². The second kappa shape index (κ2) is 9.73. The van der Waals surface area contributed by atoms with E-state index in [1.165, 1.54) is 25.9 Å². The van der Waals surface area contributed by atoms with Crippen molar-refractivity contribution in [2.75, 3.05) is 53.1 Å². The van der Waals surface area contributed by atoms with E-state index >= 15 is 0 Å². The normalized spacial score (nSPS) is 21.7. The maximum atomic E-state index is 5.53. The van der Waals surface area contributed by atoms with E-state index < -0.39 is 0 Å². The van der Waals surface area contributed by atoms with Crippen LogP contribution in [0.1, 0.15) is 26.7 Å². The first kappa shape index (κ1) is 15.9. The van der Waals surface area contributed by atoms with Gasteiger partial charge in [-0.2, -0.15) is 0 Å². The van der Waals surface area contributed by atoms with Gasteiger partial charge in [0.25, 0.3) is 0 Å². The number of hydrogen-bond donors (Lipinski definition) is 1. The van der Waals surface area contributed by atoms with Crippen molar-refractivity contribution >= 4 is 0 Å². The standard InChI is InChI=1S/C14H30N2O2/c1-13(2)15-11-14-5-4-6-16(12-14)7-8-18-10-9-17-3/h13-15H,4-12H2,1-3H3. The molecule has 1 unspecified atom stereocenters. The van der Waals surface area contributed by atoms with Crippen LogP contribution in [0.2, 0.25) is 0 Å². The zero-order valence-electron chi connectivity index (χ0n) is 12.3. The van der Waals surface area contributed by atoms with Crippen molar-refractivity contribution in [3.05, 3.63) is 0 Å². The first-order valence-electron chi connectivity index (χ1n) is 7.24. The average Bonchev–Trinajstić information content (AvgIpc) is 2.37. The lowest BCUT2D eigenvalue weighted by Gasteiger charge is -2.33. The molecule has 1 aliphatic rings. The molecular formula is C14H30N2O2. The molecule has 1 saturated heterocycles. The highest BCUT2D eigenvalue weighted by Crippen LogP contribution is 2.15. The van der Waals surface area contributed by atoms with Crippen molar-refractivity contribution in [3.8, 4) is 0 Å². The first-order chi connectivity index (χ1) is 8.72. The summed E-state index contributed by atoms with van der Waals surface area (Å²) < 4.78 is 10.5. The highest BCUT2D eigenvalue weighted by molar-refractivity contribution is 4.75. The van der Waals surface area contributed by atoms with Crippen LogP contribution < -0.4 is 5.32 Å². The van der Waals surface area contributed by atoms with E-state index in [0.717, 1.165) is 25.6 Å². The number of likely N-dealkylation sites (tertiary alicyclic amines) is 1. The number of hydrogen-bond acceptors (Lipinski definition) is 4. The third kappa shape index (κ3) is 7.31. The fourth-order valence-corrected chi connectivity index (χ4v) is 2.36. The fourth-order valence-electron chi connectivity index (χ4n) is 2.36. The van der Waals surface area contributed by atoms with Gasteiger partial charge >= 0.3 is 0 Å². The van der Waals surface area contributed by atoms with E-state index in [2.05, 4.69) is 24.1 Å². The molecule has 0 saturated carbocycles. The minimum Gasteiger partial charge on any atom is -0.382 e. The summed E-state index contributed by atoms with van der Waals surface area (Å²) in [5.41, 5.74) is 0. The van der Waals surface area contributed by atoms with Gasteiger partial charge in [-0.15, -0.1) is 0 Å². The maximum Gasteiger partial charge on any atom is 0.0700 e. The molecule has 4 heteroatoms. The summed E-state index contributed by atoms with van der Waals surface area (Å²) in [6, 6.07) is 0.595. The molecule has 1 fully saturated rings. The maximum absolute atomic E-state index is 5.53. The largest absolute Gasteiger partial charge is 0.382 e. The molecule has 0 radical (unpaired) electrons. The molecule has 18 heavy (non-hydrogen) atoms. The second-order valence-corrected chi connectivity index (χ2v) is 5.48. The number of methoxy groups -OCH3 is 1. The Hall–Kier alpha value is -0.160. The molecule has 0 aliphatic carbocycles. The lowest BCUT2D eigenvalue weighted by molar-refractivity contribution is 0.0492. The fraction of sp³-hybridized carbons (Fsp3) is 1.00. The van der Waals surface area contributed by atoms with Crippen LogP contribution in [-0.4, -0.2) is 64.1 Å². The monoisotopic (exact) mass is 258 g/mol. The molecule has 1 atom stereocenters. The molecule has 0 spiro atoms. The highest BCUT2D eigenvalue weighted by Gasteiger charge is 2.19. The predicted octanol–water partition coefficient (Wildman–Crippen LogP) is 1.36. The van der Waals surface area contributed by atoms with E-state index in [0.29, 0.717) is 19.3 Å². The van der Waals surface area contributed by atoms with Gasteiger partial charge in [0.15, 0.2) is 0 Å². The second-order valence-electron chi connectivity index (χ2n) is 5.48. The van der Waals surface area contributed by atoms with Crippen molar-refractivity contribution < 1.29 is 9.47 Å². The molecular weight excluding hydrogens is 228 g/mol. The van der Waals surface area contributed by atoms with Gasteiger partial charge < -0.3 is 19.7 Å². The summed E-state index contributed by atoms with van der Waals surface area (Å²) in [6.45, 7) is 11.3. The molecule has 0 amide bonds. The summed E-state index contributed by atoms with van der Waals surface area (Å²) in [5, 5.41) is 3.55. The van der Waals surface area contributed by atoms with Crippen LogP contribution in [0.25, 0.3) is 0 Å². The van der Waals surface area contributed by atoms with Gasteiger partial charge in [0.2, 0.25) is 0 Å². The third-order valence-electron chi connectivity index (χ3n) is 3.40. The molecule has 0 aromatic heterocycles. The van der Waals surface area contributed by atoms with Crippen LogP contribution in [0.15, 0.2) is 0 Å². The van der Waals surface area contributed by atoms with Crippen LogP contribution in [0.3, 0.4) is 0 Å². The molecule has 1 heterocycles. The van der Waals surface area contributed by atoms with Gasteiger partial charge in [-0.05, 0) is 31.8 Å². The highest BCUT2D eigenvalue weighted by atomic mass is 16.5. The van der Waals surface area contributed by atoms with Crippen LogP contribution in [-0.2, 0) is 9.47 Å². The molecule has 1 rings (SSSR count). The van der Waals surface area contributed by atoms with E-state index in [9.17, 15) is 0 Å². The minimum absolute atomic E-state index is 0.595. The van der Waals surface area contributed by atoms with Gasteiger partial charge in [-0.1, -0.05) is 13.8 Å². The predicted molar refractivity (Wildman–Crippen MR) is 75.0 cm³/mol. The lowest BCUT2D eigenvalue weighted by Crippen LogP contribution is -2.42. The van der Waals surface area contributed by atoms with E-state index in [1.807, 2.05) is 0 Å². The van der Waals surface area contributed by atoms with Crippen molar-refractivity contribution in [2.45, 2.75) is 32.7 Å². The first-order valence-corrected chi connectivity index (χ1v) is 7.24. The van der Waals surface area contributed by atoms with Crippen LogP contribution in [0.4, 0.5) is 0 Å². The Kier molecular flexibility index (Phi) is 8.59. The molecule has 4 nitrogen and oxygen atoms in total. The topological polar surface area (TPSA) is 33.7 Å². The molecule has 108 valence electrons. The SMILES string of the molecule is COCCOCCN1CCCC(CNC(C)C)C1. The molecule has 0 bridgehead atoms. The number of piperidine rings is 1. The smallest absolute Gasteiger partial charge is 0.0700 e. The Morgan fingerprint density at radius 3 is 2.83 bits per heavy atom. The number of rotatable bonds is 9. The number of nitrogens with one attached hydrogen (secondary N) is 1. The van der Waals surface area contributed by atoms with Crippen molar-refractivity contribution in [1.82, 2.24) is 10.2 Å². The Morgan fingerprint density at radius 1 is 1.28 bits per heavy atom. The summed E-state index contributed by atoms with van der Waals surface area (Å²) in [5.74, 6) is 0.806. The Bertz CT molecular complexity index is 200. The van der Waals surface area contributed by atoms with Crippen LogP contribution in [0.5, 0.6) is 0 Å². The summed E-state index contributed by atoms with van der Waals surface area (Å²) in [6.07, 6.45) is 2.68. The summed E-state index contributed by atoms with van der Waals surface area (Å²) >= 11 is 0.